The first-order chi connectivity index (χ1) is 16.2. The maximum Gasteiger partial charge on any atom is 0.416 e. The molecule has 4 nitrogen and oxygen atoms in total. The molecule has 2 aromatic rings. The Labute approximate surface area is 198 Å². The number of rotatable bonds is 6. The van der Waals surface area contributed by atoms with Crippen LogP contribution in [0.2, 0.25) is 0 Å². The molecule has 1 heterocycles. The summed E-state index contributed by atoms with van der Waals surface area (Å²) in [5, 5.41) is 2.23. The monoisotopic (exact) mass is 498 g/mol. The van der Waals surface area contributed by atoms with Crippen molar-refractivity contribution in [1.82, 2.24) is 0 Å². The van der Waals surface area contributed by atoms with Crippen molar-refractivity contribution in [1.29, 1.82) is 0 Å². The lowest BCUT2D eigenvalue weighted by atomic mass is 9.75. The highest BCUT2D eigenvalue weighted by molar-refractivity contribution is 6.06. The van der Waals surface area contributed by atoms with Gasteiger partial charge in [0.15, 0.2) is 0 Å². The molecule has 1 atom stereocenters. The van der Waals surface area contributed by atoms with Gasteiger partial charge >= 0.3 is 12.4 Å². The number of amides is 2. The summed E-state index contributed by atoms with van der Waals surface area (Å²) in [4.78, 5) is 27.8. The summed E-state index contributed by atoms with van der Waals surface area (Å²) in [7, 11) is 0. The summed E-state index contributed by atoms with van der Waals surface area (Å²) in [5.41, 5.74) is -3.72. The second kappa shape index (κ2) is 9.39. The van der Waals surface area contributed by atoms with Crippen LogP contribution in [-0.4, -0.2) is 18.4 Å². The SMILES string of the molecule is C=CCc1ccccc1N1CC(C(=O)Nc2cc(C(F)(F)F)cc(C(F)(F)F)c2)(C(C)C)CC1=O. The number of carbonyl (C=O) groups is 2. The van der Waals surface area contributed by atoms with Crippen molar-refractivity contribution < 1.29 is 35.9 Å². The normalized spacial score (nSPS) is 18.8. The highest BCUT2D eigenvalue weighted by atomic mass is 19.4. The van der Waals surface area contributed by atoms with Gasteiger partial charge in [0, 0.05) is 24.3 Å². The third-order valence-electron chi connectivity index (χ3n) is 6.26. The number of allylic oxidation sites excluding steroid dienone is 1. The fraction of sp³-hybridized carbons (Fsp3) is 0.360. The van der Waals surface area contributed by atoms with Crippen LogP contribution in [0.15, 0.2) is 55.1 Å². The third-order valence-corrected chi connectivity index (χ3v) is 6.26. The second-order valence-corrected chi connectivity index (χ2v) is 8.84. The van der Waals surface area contributed by atoms with Crippen molar-refractivity contribution in [3.8, 4) is 0 Å². The zero-order chi connectivity index (χ0) is 26.2. The lowest BCUT2D eigenvalue weighted by Crippen LogP contribution is -2.43. The topological polar surface area (TPSA) is 49.4 Å². The fourth-order valence-corrected chi connectivity index (χ4v) is 4.20. The maximum absolute atomic E-state index is 13.4. The van der Waals surface area contributed by atoms with Crippen LogP contribution < -0.4 is 10.2 Å². The van der Waals surface area contributed by atoms with Gasteiger partial charge in [0.1, 0.15) is 0 Å². The van der Waals surface area contributed by atoms with Crippen LogP contribution in [0.4, 0.5) is 37.7 Å². The maximum atomic E-state index is 13.4. The van der Waals surface area contributed by atoms with E-state index >= 15 is 0 Å². The van der Waals surface area contributed by atoms with Gasteiger partial charge in [0.25, 0.3) is 0 Å². The molecule has 3 rings (SSSR count). The average molecular weight is 498 g/mol. The van der Waals surface area contributed by atoms with E-state index in [1.165, 1.54) is 4.90 Å². The average Bonchev–Trinajstić information content (AvgIpc) is 3.11. The standard InChI is InChI=1S/C25H24F6N2O2/c1-4-7-16-8-5-6-9-20(16)33-14-23(15(2)3,13-21(33)34)22(35)32-19-11-17(24(26,27)28)10-18(12-19)25(29,30)31/h4-6,8-12,15H,1,7,13-14H2,2-3H3,(H,32,35). The van der Waals surface area contributed by atoms with Gasteiger partial charge in [-0.15, -0.1) is 6.58 Å². The largest absolute Gasteiger partial charge is 0.416 e. The molecule has 0 saturated carbocycles. The van der Waals surface area contributed by atoms with Crippen molar-refractivity contribution in [2.24, 2.45) is 11.3 Å². The van der Waals surface area contributed by atoms with Gasteiger partial charge < -0.3 is 10.2 Å². The molecule has 2 amide bonds. The van der Waals surface area contributed by atoms with E-state index in [9.17, 15) is 35.9 Å². The minimum absolute atomic E-state index is 0.00869. The van der Waals surface area contributed by atoms with Crippen LogP contribution in [0.25, 0.3) is 0 Å². The van der Waals surface area contributed by atoms with E-state index in [1.807, 2.05) is 0 Å². The lowest BCUT2D eigenvalue weighted by Gasteiger charge is -2.32. The van der Waals surface area contributed by atoms with Crippen molar-refractivity contribution in [3.63, 3.8) is 0 Å². The van der Waals surface area contributed by atoms with E-state index in [0.29, 0.717) is 24.2 Å². The first-order valence-electron chi connectivity index (χ1n) is 10.8. The molecule has 0 bridgehead atoms. The van der Waals surface area contributed by atoms with Crippen molar-refractivity contribution in [2.75, 3.05) is 16.8 Å². The first-order valence-corrected chi connectivity index (χ1v) is 10.8. The Morgan fingerprint density at radius 2 is 1.66 bits per heavy atom. The zero-order valence-corrected chi connectivity index (χ0v) is 19.1. The Morgan fingerprint density at radius 3 is 2.17 bits per heavy atom. The molecule has 1 saturated heterocycles. The molecule has 1 unspecified atom stereocenters. The highest BCUT2D eigenvalue weighted by Crippen LogP contribution is 2.43. The number of halogens is 6. The van der Waals surface area contributed by atoms with E-state index in [-0.39, 0.29) is 24.9 Å². The predicted octanol–water partition coefficient (Wildman–Crippen LogP) is 6.47. The molecule has 0 aromatic heterocycles. The Hall–Kier alpha value is -3.30. The predicted molar refractivity (Wildman–Crippen MR) is 120 cm³/mol. The number of nitrogens with one attached hydrogen (secondary N) is 1. The number of alkyl halides is 6. The molecule has 0 radical (unpaired) electrons. The number of anilines is 2. The third kappa shape index (κ3) is 5.36. The number of carbonyl (C=O) groups excluding carboxylic acids is 2. The van der Waals surface area contributed by atoms with E-state index in [1.54, 1.807) is 44.2 Å². The molecule has 2 aromatic carbocycles. The van der Waals surface area contributed by atoms with Crippen LogP contribution >= 0.6 is 0 Å². The molecule has 1 aliphatic heterocycles. The molecule has 188 valence electrons. The summed E-state index contributed by atoms with van der Waals surface area (Å²) < 4.78 is 79.4. The van der Waals surface area contributed by atoms with Gasteiger partial charge in [0.05, 0.1) is 16.5 Å². The van der Waals surface area contributed by atoms with Crippen LogP contribution in [0.1, 0.15) is 37.0 Å². The van der Waals surface area contributed by atoms with Gasteiger partial charge in [-0.25, -0.2) is 0 Å². The fourth-order valence-electron chi connectivity index (χ4n) is 4.20. The molecule has 1 aliphatic rings. The minimum Gasteiger partial charge on any atom is -0.326 e. The highest BCUT2D eigenvalue weighted by Gasteiger charge is 2.51. The van der Waals surface area contributed by atoms with Gasteiger partial charge in [-0.3, -0.25) is 9.59 Å². The zero-order valence-electron chi connectivity index (χ0n) is 19.1. The Balaban J connectivity index is 1.99. The van der Waals surface area contributed by atoms with Crippen LogP contribution in [0, 0.1) is 11.3 Å². The number of nitrogens with zero attached hydrogens (tertiary/aromatic N) is 1. The number of para-hydroxylation sites is 1. The van der Waals surface area contributed by atoms with Crippen molar-refractivity contribution >= 4 is 23.2 Å². The van der Waals surface area contributed by atoms with E-state index < -0.39 is 46.4 Å². The summed E-state index contributed by atoms with van der Waals surface area (Å²) in [5.74, 6) is -1.64. The number of hydrogen-bond acceptors (Lipinski definition) is 2. The smallest absolute Gasteiger partial charge is 0.326 e. The minimum atomic E-state index is -5.05. The van der Waals surface area contributed by atoms with Gasteiger partial charge in [-0.2, -0.15) is 26.3 Å². The number of benzene rings is 2. The van der Waals surface area contributed by atoms with Crippen LogP contribution in [0.5, 0.6) is 0 Å². The Kier molecular flexibility index (Phi) is 7.06. The Morgan fingerprint density at radius 1 is 1.09 bits per heavy atom. The summed E-state index contributed by atoms with van der Waals surface area (Å²) >= 11 is 0. The molecule has 1 fully saturated rings. The number of hydrogen-bond donors (Lipinski definition) is 1. The molecule has 0 spiro atoms. The molecule has 1 N–H and O–H groups in total. The van der Waals surface area contributed by atoms with Crippen molar-refractivity contribution in [3.05, 3.63) is 71.8 Å². The molecule has 35 heavy (non-hydrogen) atoms. The quantitative estimate of drug-likeness (QED) is 0.367. The molecular formula is C25H24F6N2O2. The molecule has 10 heteroatoms. The van der Waals surface area contributed by atoms with Crippen LogP contribution in [-0.2, 0) is 28.4 Å². The van der Waals surface area contributed by atoms with Gasteiger partial charge in [0.2, 0.25) is 11.8 Å². The second-order valence-electron chi connectivity index (χ2n) is 8.84. The van der Waals surface area contributed by atoms with Gasteiger partial charge in [-0.05, 0) is 42.2 Å². The Bertz CT molecular complexity index is 1110. The van der Waals surface area contributed by atoms with E-state index in [2.05, 4.69) is 11.9 Å². The lowest BCUT2D eigenvalue weighted by molar-refractivity contribution is -0.143. The molecule has 0 aliphatic carbocycles. The van der Waals surface area contributed by atoms with E-state index in [0.717, 1.165) is 5.56 Å². The first kappa shape index (κ1) is 26.3. The van der Waals surface area contributed by atoms with E-state index in [4.69, 9.17) is 0 Å². The molecular weight excluding hydrogens is 474 g/mol. The summed E-state index contributed by atoms with van der Waals surface area (Å²) in [6, 6.07) is 7.94. The summed E-state index contributed by atoms with van der Waals surface area (Å²) in [6.45, 7) is 6.98. The summed E-state index contributed by atoms with van der Waals surface area (Å²) in [6.07, 6.45) is -8.22. The van der Waals surface area contributed by atoms with Crippen LogP contribution in [0.3, 0.4) is 0 Å². The van der Waals surface area contributed by atoms with Gasteiger partial charge in [-0.1, -0.05) is 38.1 Å². The van der Waals surface area contributed by atoms with Crippen molar-refractivity contribution in [2.45, 2.75) is 39.0 Å².